The summed E-state index contributed by atoms with van der Waals surface area (Å²) >= 11 is 0. The number of hydrogen-bond donors (Lipinski definition) is 1. The Labute approximate surface area is 114 Å². The highest BCUT2D eigenvalue weighted by Crippen LogP contribution is 2.19. The Morgan fingerprint density at radius 2 is 2.21 bits per heavy atom. The molecular weight excluding hydrogens is 242 g/mol. The lowest BCUT2D eigenvalue weighted by molar-refractivity contribution is 0.107. The summed E-state index contributed by atoms with van der Waals surface area (Å²) < 4.78 is 10.9. The molecule has 0 bridgehead atoms. The van der Waals surface area contributed by atoms with E-state index in [4.69, 9.17) is 9.47 Å². The summed E-state index contributed by atoms with van der Waals surface area (Å²) in [6.45, 7) is 3.97. The monoisotopic (exact) mass is 265 g/mol. The van der Waals surface area contributed by atoms with E-state index < -0.39 is 0 Å². The first kappa shape index (κ1) is 14.2. The van der Waals surface area contributed by atoms with Crippen LogP contribution >= 0.6 is 0 Å². The maximum atomic E-state index is 9.20. The molecule has 1 atom stereocenters. The second-order valence-electron chi connectivity index (χ2n) is 5.02. The van der Waals surface area contributed by atoms with Gasteiger partial charge in [0.15, 0.2) is 0 Å². The molecule has 0 amide bonds. The zero-order valence-electron chi connectivity index (χ0n) is 11.5. The number of rotatable bonds is 6. The van der Waals surface area contributed by atoms with Gasteiger partial charge in [-0.1, -0.05) is 6.07 Å². The molecule has 0 saturated carbocycles. The average Bonchev–Trinajstić information content (AvgIpc) is 2.48. The summed E-state index contributed by atoms with van der Waals surface area (Å²) in [5.41, 5.74) is 0. The molecule has 2 rings (SSSR count). The quantitative estimate of drug-likeness (QED) is 0.851. The lowest BCUT2D eigenvalue weighted by atomic mass is 9.99. The van der Waals surface area contributed by atoms with Gasteiger partial charge in [0.2, 0.25) is 0 Å². The number of likely N-dealkylation sites (tertiary alicyclic amines) is 1. The summed E-state index contributed by atoms with van der Waals surface area (Å²) in [5.74, 6) is 2.09. The molecule has 1 unspecified atom stereocenters. The van der Waals surface area contributed by atoms with Crippen molar-refractivity contribution < 1.29 is 14.6 Å². The van der Waals surface area contributed by atoms with Crippen LogP contribution in [-0.4, -0.2) is 50.0 Å². The Morgan fingerprint density at radius 3 is 3.00 bits per heavy atom. The van der Waals surface area contributed by atoms with Crippen LogP contribution in [-0.2, 0) is 0 Å². The van der Waals surface area contributed by atoms with Gasteiger partial charge in [-0.05, 0) is 37.4 Å². The van der Waals surface area contributed by atoms with Gasteiger partial charge >= 0.3 is 0 Å². The van der Waals surface area contributed by atoms with Crippen LogP contribution in [0.15, 0.2) is 24.3 Å². The topological polar surface area (TPSA) is 41.9 Å². The molecule has 0 aliphatic carbocycles. The normalized spacial score (nSPS) is 20.2. The smallest absolute Gasteiger partial charge is 0.123 e. The van der Waals surface area contributed by atoms with Crippen LogP contribution in [0, 0.1) is 5.92 Å². The fourth-order valence-corrected chi connectivity index (χ4v) is 2.49. The Kier molecular flexibility index (Phi) is 5.48. The van der Waals surface area contributed by atoms with Crippen molar-refractivity contribution in [3.63, 3.8) is 0 Å². The van der Waals surface area contributed by atoms with Crippen LogP contribution < -0.4 is 9.47 Å². The molecule has 1 aliphatic rings. The van der Waals surface area contributed by atoms with Gasteiger partial charge in [-0.15, -0.1) is 0 Å². The predicted octanol–water partition coefficient (Wildman–Crippen LogP) is 1.78. The van der Waals surface area contributed by atoms with Gasteiger partial charge in [-0.3, -0.25) is 4.90 Å². The highest BCUT2D eigenvalue weighted by Gasteiger charge is 2.18. The van der Waals surface area contributed by atoms with Gasteiger partial charge in [0.25, 0.3) is 0 Å². The van der Waals surface area contributed by atoms with Crippen molar-refractivity contribution in [1.29, 1.82) is 0 Å². The van der Waals surface area contributed by atoms with Gasteiger partial charge in [0.1, 0.15) is 18.1 Å². The van der Waals surface area contributed by atoms with Gasteiger partial charge in [0, 0.05) is 25.8 Å². The summed E-state index contributed by atoms with van der Waals surface area (Å²) in [6.07, 6.45) is 2.31. The zero-order valence-corrected chi connectivity index (χ0v) is 11.5. The third kappa shape index (κ3) is 4.40. The minimum atomic E-state index is 0.299. The number of aliphatic hydroxyl groups excluding tert-OH is 1. The highest BCUT2D eigenvalue weighted by molar-refractivity contribution is 5.32. The summed E-state index contributed by atoms with van der Waals surface area (Å²) in [6, 6.07) is 7.67. The van der Waals surface area contributed by atoms with Gasteiger partial charge in [0.05, 0.1) is 7.11 Å². The van der Waals surface area contributed by atoms with Crippen LogP contribution in [0.1, 0.15) is 12.8 Å². The maximum Gasteiger partial charge on any atom is 0.123 e. The summed E-state index contributed by atoms with van der Waals surface area (Å²) in [7, 11) is 1.65. The SMILES string of the molecule is COc1cccc(OCCN2CCCC(CO)C2)c1. The van der Waals surface area contributed by atoms with E-state index >= 15 is 0 Å². The number of methoxy groups -OCH3 is 1. The van der Waals surface area contributed by atoms with Crippen LogP contribution in [0.4, 0.5) is 0 Å². The van der Waals surface area contributed by atoms with Crippen LogP contribution in [0.5, 0.6) is 11.5 Å². The van der Waals surface area contributed by atoms with Crippen molar-refractivity contribution in [2.75, 3.05) is 40.0 Å². The van der Waals surface area contributed by atoms with Gasteiger partial charge < -0.3 is 14.6 Å². The first-order valence-electron chi connectivity index (χ1n) is 6.92. The zero-order chi connectivity index (χ0) is 13.5. The molecule has 4 heteroatoms. The van der Waals surface area contributed by atoms with E-state index in [2.05, 4.69) is 4.90 Å². The molecule has 1 fully saturated rings. The van der Waals surface area contributed by atoms with E-state index in [1.165, 1.54) is 6.42 Å². The standard InChI is InChI=1S/C15H23NO3/c1-18-14-5-2-6-15(10-14)19-9-8-16-7-3-4-13(11-16)12-17/h2,5-6,10,13,17H,3-4,7-9,11-12H2,1H3. The third-order valence-corrected chi connectivity index (χ3v) is 3.58. The van der Waals surface area contributed by atoms with Crippen molar-refractivity contribution >= 4 is 0 Å². The molecule has 1 N–H and O–H groups in total. The van der Waals surface area contributed by atoms with Crippen molar-refractivity contribution in [3.8, 4) is 11.5 Å². The lowest BCUT2D eigenvalue weighted by Gasteiger charge is -2.31. The molecule has 4 nitrogen and oxygen atoms in total. The van der Waals surface area contributed by atoms with E-state index in [0.29, 0.717) is 19.1 Å². The highest BCUT2D eigenvalue weighted by atomic mass is 16.5. The number of aliphatic hydroxyl groups is 1. The molecule has 0 radical (unpaired) electrons. The Hall–Kier alpha value is -1.26. The van der Waals surface area contributed by atoms with Crippen molar-refractivity contribution in [1.82, 2.24) is 4.90 Å². The minimum absolute atomic E-state index is 0.299. The number of nitrogens with zero attached hydrogens (tertiary/aromatic N) is 1. The van der Waals surface area contributed by atoms with E-state index in [9.17, 15) is 5.11 Å². The lowest BCUT2D eigenvalue weighted by Crippen LogP contribution is -2.39. The van der Waals surface area contributed by atoms with Gasteiger partial charge in [-0.2, -0.15) is 0 Å². The van der Waals surface area contributed by atoms with Crippen molar-refractivity contribution in [2.45, 2.75) is 12.8 Å². The molecule has 0 aromatic heterocycles. The molecule has 1 aromatic carbocycles. The molecular formula is C15H23NO3. The predicted molar refractivity (Wildman–Crippen MR) is 74.7 cm³/mol. The number of hydrogen-bond acceptors (Lipinski definition) is 4. The minimum Gasteiger partial charge on any atom is -0.497 e. The van der Waals surface area contributed by atoms with Gasteiger partial charge in [-0.25, -0.2) is 0 Å². The average molecular weight is 265 g/mol. The third-order valence-electron chi connectivity index (χ3n) is 3.58. The molecule has 1 heterocycles. The van der Waals surface area contributed by atoms with Crippen LogP contribution in [0.25, 0.3) is 0 Å². The van der Waals surface area contributed by atoms with Crippen molar-refractivity contribution in [3.05, 3.63) is 24.3 Å². The Morgan fingerprint density at radius 1 is 1.37 bits per heavy atom. The molecule has 1 aliphatic heterocycles. The van der Waals surface area contributed by atoms with Crippen LogP contribution in [0.2, 0.25) is 0 Å². The number of ether oxygens (including phenoxy) is 2. The van der Waals surface area contributed by atoms with Crippen LogP contribution in [0.3, 0.4) is 0 Å². The molecule has 1 saturated heterocycles. The fraction of sp³-hybridized carbons (Fsp3) is 0.600. The fourth-order valence-electron chi connectivity index (χ4n) is 2.49. The molecule has 19 heavy (non-hydrogen) atoms. The summed E-state index contributed by atoms with van der Waals surface area (Å²) in [4.78, 5) is 2.37. The first-order chi connectivity index (χ1) is 9.31. The number of piperidine rings is 1. The number of benzene rings is 1. The largest absolute Gasteiger partial charge is 0.497 e. The summed E-state index contributed by atoms with van der Waals surface area (Å²) in [5, 5.41) is 9.20. The van der Waals surface area contributed by atoms with Crippen molar-refractivity contribution in [2.24, 2.45) is 5.92 Å². The second-order valence-corrected chi connectivity index (χ2v) is 5.02. The molecule has 106 valence electrons. The Bertz CT molecular complexity index is 383. The Balaban J connectivity index is 1.73. The van der Waals surface area contributed by atoms with E-state index in [1.807, 2.05) is 24.3 Å². The van der Waals surface area contributed by atoms with E-state index in [0.717, 1.165) is 37.6 Å². The van der Waals surface area contributed by atoms with E-state index in [1.54, 1.807) is 7.11 Å². The molecule has 0 spiro atoms. The second kappa shape index (κ2) is 7.36. The molecule has 1 aromatic rings. The van der Waals surface area contributed by atoms with E-state index in [-0.39, 0.29) is 0 Å². The first-order valence-corrected chi connectivity index (χ1v) is 6.92. The maximum absolute atomic E-state index is 9.20.